The highest BCUT2D eigenvalue weighted by atomic mass is 16.6. The molecule has 0 aliphatic carbocycles. The minimum absolute atomic E-state index is 0.00730. The Morgan fingerprint density at radius 1 is 1.19 bits per heavy atom. The molecule has 2 saturated heterocycles. The van der Waals surface area contributed by atoms with E-state index >= 15 is 0 Å². The number of aliphatic hydroxyl groups excluding tert-OH is 4. The molecule has 0 spiro atoms. The van der Waals surface area contributed by atoms with Gasteiger partial charge in [-0.15, -0.1) is 0 Å². The molecule has 2 aliphatic heterocycles. The van der Waals surface area contributed by atoms with Crippen LogP contribution >= 0.6 is 0 Å². The van der Waals surface area contributed by atoms with E-state index in [0.29, 0.717) is 17.7 Å². The summed E-state index contributed by atoms with van der Waals surface area (Å²) in [5.41, 5.74) is 0.463. The molecule has 0 radical (unpaired) electrons. The lowest BCUT2D eigenvalue weighted by Crippen LogP contribution is -2.51. The quantitative estimate of drug-likeness (QED) is 0.260. The van der Waals surface area contributed by atoms with Crippen LogP contribution in [0.3, 0.4) is 0 Å². The van der Waals surface area contributed by atoms with Crippen molar-refractivity contribution in [3.05, 3.63) is 35.9 Å². The highest BCUT2D eigenvalue weighted by molar-refractivity contribution is 5.95. The average Bonchev–Trinajstić information content (AvgIpc) is 3.51. The van der Waals surface area contributed by atoms with Crippen LogP contribution in [0, 0.1) is 11.8 Å². The first-order valence-electron chi connectivity index (χ1n) is 10.6. The molecule has 8 atom stereocenters. The largest absolute Gasteiger partial charge is 0.507 e. The summed E-state index contributed by atoms with van der Waals surface area (Å²) < 4.78 is 16.3. The van der Waals surface area contributed by atoms with Crippen molar-refractivity contribution < 1.29 is 39.4 Å². The summed E-state index contributed by atoms with van der Waals surface area (Å²) in [6.07, 6.45) is -2.29. The summed E-state index contributed by atoms with van der Waals surface area (Å²) in [4.78, 5) is 12.3. The maximum atomic E-state index is 12.3. The molecule has 8 heteroatoms. The number of carbonyl (C=O) groups excluding carboxylic acids is 1. The van der Waals surface area contributed by atoms with Crippen molar-refractivity contribution >= 4 is 11.5 Å². The number of benzene rings is 1. The molecular weight excluding hydrogens is 404 g/mol. The Labute approximate surface area is 182 Å². The number of allylic oxidation sites excluding steroid dienone is 1. The number of hydrogen-bond donors (Lipinski definition) is 4. The predicted molar refractivity (Wildman–Crippen MR) is 113 cm³/mol. The summed E-state index contributed by atoms with van der Waals surface area (Å²) in [7, 11) is 1.54. The summed E-state index contributed by atoms with van der Waals surface area (Å²) in [6.45, 7) is 3.82. The topological polar surface area (TPSA) is 129 Å². The number of aliphatic hydroxyl groups is 4. The standard InChI is InChI=1S/C23H32O8/c1-12(13(2)24)23-20(31-23)8-15-11-30-19(22(28)21(15)27)10-16(25)9-18(26)14-4-6-17(29-3)7-5-14/h4-7,9,12-13,15,19-24,26-28H,8,10-11H2,1-3H3/b18-9-/t12-,13-,15-,19-,20-,21+,22-,23-/m0/s1. The lowest BCUT2D eigenvalue weighted by atomic mass is 9.85. The Bertz CT molecular complexity index is 774. The molecule has 2 aliphatic rings. The maximum absolute atomic E-state index is 12.3. The number of ketones is 1. The maximum Gasteiger partial charge on any atom is 0.162 e. The SMILES string of the molecule is COc1ccc(/C(O)=C/C(=O)C[C@@H]2OC[C@H](C[C@@H]3O[C@H]3[C@@H](C)[C@H](C)O)[C@@H](O)[C@H]2O)cc1. The molecule has 2 heterocycles. The number of epoxide rings is 1. The molecule has 4 N–H and O–H groups in total. The van der Waals surface area contributed by atoms with E-state index in [-0.39, 0.29) is 42.8 Å². The zero-order chi connectivity index (χ0) is 22.7. The van der Waals surface area contributed by atoms with Gasteiger partial charge in [0.2, 0.25) is 0 Å². The van der Waals surface area contributed by atoms with Gasteiger partial charge in [0.25, 0.3) is 0 Å². The second-order valence-corrected chi connectivity index (χ2v) is 8.52. The van der Waals surface area contributed by atoms with Crippen LogP contribution in [0.15, 0.2) is 30.3 Å². The van der Waals surface area contributed by atoms with Gasteiger partial charge in [0.1, 0.15) is 17.6 Å². The van der Waals surface area contributed by atoms with E-state index in [4.69, 9.17) is 14.2 Å². The third-order valence-electron chi connectivity index (χ3n) is 6.26. The lowest BCUT2D eigenvalue weighted by molar-refractivity contribution is -0.169. The fourth-order valence-electron chi connectivity index (χ4n) is 3.97. The Hall–Kier alpha value is -1.97. The minimum atomic E-state index is -1.22. The van der Waals surface area contributed by atoms with Gasteiger partial charge in [-0.2, -0.15) is 0 Å². The van der Waals surface area contributed by atoms with E-state index in [1.54, 1.807) is 31.2 Å². The summed E-state index contributed by atoms with van der Waals surface area (Å²) >= 11 is 0. The van der Waals surface area contributed by atoms with Gasteiger partial charge in [-0.25, -0.2) is 0 Å². The van der Waals surface area contributed by atoms with Crippen LogP contribution in [0.5, 0.6) is 5.75 Å². The van der Waals surface area contributed by atoms with Gasteiger partial charge in [0, 0.05) is 29.9 Å². The van der Waals surface area contributed by atoms with E-state index in [1.165, 1.54) is 7.11 Å². The van der Waals surface area contributed by atoms with E-state index in [0.717, 1.165) is 6.08 Å². The third kappa shape index (κ3) is 5.84. The Balaban J connectivity index is 1.51. The van der Waals surface area contributed by atoms with Gasteiger partial charge in [0.15, 0.2) is 5.78 Å². The van der Waals surface area contributed by atoms with Crippen LogP contribution in [0.25, 0.3) is 5.76 Å². The zero-order valence-electron chi connectivity index (χ0n) is 18.0. The van der Waals surface area contributed by atoms with Crippen LogP contribution in [0.1, 0.15) is 32.3 Å². The molecule has 0 unspecified atom stereocenters. The smallest absolute Gasteiger partial charge is 0.162 e. The molecule has 31 heavy (non-hydrogen) atoms. The summed E-state index contributed by atoms with van der Waals surface area (Å²) in [6, 6.07) is 6.60. The van der Waals surface area contributed by atoms with Gasteiger partial charge in [-0.1, -0.05) is 6.92 Å². The molecule has 0 bridgehead atoms. The molecular formula is C23H32O8. The number of ether oxygens (including phenoxy) is 3. The van der Waals surface area contributed by atoms with Gasteiger partial charge in [-0.3, -0.25) is 4.79 Å². The Morgan fingerprint density at radius 3 is 2.48 bits per heavy atom. The number of hydrogen-bond acceptors (Lipinski definition) is 8. The zero-order valence-corrected chi connectivity index (χ0v) is 18.0. The highest BCUT2D eigenvalue weighted by Gasteiger charge is 2.48. The summed E-state index contributed by atoms with van der Waals surface area (Å²) in [5, 5.41) is 40.8. The van der Waals surface area contributed by atoms with E-state index in [2.05, 4.69) is 0 Å². The third-order valence-corrected chi connectivity index (χ3v) is 6.26. The molecule has 0 amide bonds. The predicted octanol–water partition coefficient (Wildman–Crippen LogP) is 1.46. The van der Waals surface area contributed by atoms with Crippen molar-refractivity contribution in [1.82, 2.24) is 0 Å². The first kappa shape index (κ1) is 23.7. The van der Waals surface area contributed by atoms with E-state index < -0.39 is 30.2 Å². The Morgan fingerprint density at radius 2 is 1.87 bits per heavy atom. The van der Waals surface area contributed by atoms with Gasteiger partial charge >= 0.3 is 0 Å². The molecule has 0 aromatic heterocycles. The van der Waals surface area contributed by atoms with Crippen LogP contribution in [0.4, 0.5) is 0 Å². The van der Waals surface area contributed by atoms with Crippen molar-refractivity contribution in [1.29, 1.82) is 0 Å². The molecule has 172 valence electrons. The molecule has 3 rings (SSSR count). The van der Waals surface area contributed by atoms with Crippen molar-refractivity contribution in [2.45, 2.75) is 63.3 Å². The monoisotopic (exact) mass is 436 g/mol. The number of carbonyl (C=O) groups is 1. The van der Waals surface area contributed by atoms with E-state index in [9.17, 15) is 25.2 Å². The van der Waals surface area contributed by atoms with Gasteiger partial charge in [-0.05, 0) is 37.6 Å². The second-order valence-electron chi connectivity index (χ2n) is 8.52. The van der Waals surface area contributed by atoms with Crippen molar-refractivity contribution in [3.8, 4) is 5.75 Å². The number of rotatable bonds is 9. The van der Waals surface area contributed by atoms with Crippen LogP contribution < -0.4 is 4.74 Å². The van der Waals surface area contributed by atoms with E-state index in [1.807, 2.05) is 6.92 Å². The average molecular weight is 437 g/mol. The van der Waals surface area contributed by atoms with Gasteiger partial charge in [0.05, 0.1) is 44.2 Å². The van der Waals surface area contributed by atoms with Gasteiger partial charge < -0.3 is 34.6 Å². The normalized spacial score (nSPS) is 32.9. The fourth-order valence-corrected chi connectivity index (χ4v) is 3.97. The van der Waals surface area contributed by atoms with Crippen LogP contribution in [0.2, 0.25) is 0 Å². The Kier molecular flexibility index (Phi) is 7.72. The van der Waals surface area contributed by atoms with Crippen molar-refractivity contribution in [2.24, 2.45) is 11.8 Å². The summed E-state index contributed by atoms with van der Waals surface area (Å²) in [5.74, 6) is -0.304. The molecule has 1 aromatic carbocycles. The van der Waals surface area contributed by atoms with Crippen molar-refractivity contribution in [2.75, 3.05) is 13.7 Å². The van der Waals surface area contributed by atoms with Crippen LogP contribution in [-0.4, -0.2) is 76.5 Å². The minimum Gasteiger partial charge on any atom is -0.507 e. The van der Waals surface area contributed by atoms with Crippen molar-refractivity contribution in [3.63, 3.8) is 0 Å². The molecule has 0 saturated carbocycles. The number of methoxy groups -OCH3 is 1. The lowest BCUT2D eigenvalue weighted by Gasteiger charge is -2.37. The molecule has 2 fully saturated rings. The molecule has 8 nitrogen and oxygen atoms in total. The first-order chi connectivity index (χ1) is 14.7. The highest BCUT2D eigenvalue weighted by Crippen LogP contribution is 2.38. The fraction of sp³-hybridized carbons (Fsp3) is 0.609. The first-order valence-corrected chi connectivity index (χ1v) is 10.6. The molecule has 1 aromatic rings. The van der Waals surface area contributed by atoms with Crippen LogP contribution in [-0.2, 0) is 14.3 Å². The second kappa shape index (κ2) is 10.1.